The van der Waals surface area contributed by atoms with Crippen LogP contribution in [-0.2, 0) is 4.79 Å². The van der Waals surface area contributed by atoms with Crippen LogP contribution in [0.15, 0.2) is 0 Å². The third-order valence-electron chi connectivity index (χ3n) is 2.92. The zero-order chi connectivity index (χ0) is 12.0. The number of amides is 1. The van der Waals surface area contributed by atoms with Crippen molar-refractivity contribution in [3.05, 3.63) is 0 Å². The van der Waals surface area contributed by atoms with Crippen LogP contribution in [0.1, 0.15) is 39.5 Å². The van der Waals surface area contributed by atoms with Crippen LogP contribution in [0.25, 0.3) is 0 Å². The molecule has 1 aliphatic heterocycles. The average molecular weight is 228 g/mol. The lowest BCUT2D eigenvalue weighted by molar-refractivity contribution is -0.129. The lowest BCUT2D eigenvalue weighted by Crippen LogP contribution is -2.41. The second-order valence-electron chi connectivity index (χ2n) is 4.77. The number of carbonyl (C=O) groups is 1. The van der Waals surface area contributed by atoms with Crippen LogP contribution in [0.4, 0.5) is 0 Å². The Morgan fingerprint density at radius 1 is 1.44 bits per heavy atom. The minimum absolute atomic E-state index is 0.0258. The van der Waals surface area contributed by atoms with Gasteiger partial charge in [0, 0.05) is 25.7 Å². The van der Waals surface area contributed by atoms with Crippen molar-refractivity contribution < 1.29 is 9.90 Å². The van der Waals surface area contributed by atoms with E-state index in [2.05, 4.69) is 19.2 Å². The Bertz CT molecular complexity index is 219. The first-order chi connectivity index (χ1) is 7.65. The Morgan fingerprint density at radius 3 is 2.81 bits per heavy atom. The number of nitrogens with one attached hydrogen (secondary N) is 1. The summed E-state index contributed by atoms with van der Waals surface area (Å²) < 4.78 is 0. The number of aliphatic hydroxyl groups excluding tert-OH is 1. The van der Waals surface area contributed by atoms with Gasteiger partial charge >= 0.3 is 0 Å². The molecule has 1 saturated heterocycles. The SMILES string of the molecule is CC(C)NC1CCN(CCCCCO)C1=O. The third kappa shape index (κ3) is 4.10. The lowest BCUT2D eigenvalue weighted by atomic mass is 10.2. The predicted molar refractivity (Wildman–Crippen MR) is 64.2 cm³/mol. The number of carbonyl (C=O) groups excluding carboxylic acids is 1. The summed E-state index contributed by atoms with van der Waals surface area (Å²) in [4.78, 5) is 13.9. The molecule has 16 heavy (non-hydrogen) atoms. The quantitative estimate of drug-likeness (QED) is 0.632. The molecule has 1 aliphatic rings. The van der Waals surface area contributed by atoms with Gasteiger partial charge in [-0.2, -0.15) is 0 Å². The Morgan fingerprint density at radius 2 is 2.19 bits per heavy atom. The van der Waals surface area contributed by atoms with Crippen molar-refractivity contribution >= 4 is 5.91 Å². The van der Waals surface area contributed by atoms with Crippen LogP contribution in [0, 0.1) is 0 Å². The van der Waals surface area contributed by atoms with Crippen LogP contribution in [0.2, 0.25) is 0 Å². The molecule has 1 heterocycles. The van der Waals surface area contributed by atoms with Crippen LogP contribution in [0.5, 0.6) is 0 Å². The van der Waals surface area contributed by atoms with Crippen molar-refractivity contribution in [3.63, 3.8) is 0 Å². The molecule has 0 aliphatic carbocycles. The summed E-state index contributed by atoms with van der Waals surface area (Å²) in [6.07, 6.45) is 3.77. The summed E-state index contributed by atoms with van der Waals surface area (Å²) in [5.74, 6) is 0.248. The molecule has 1 rings (SSSR count). The minimum Gasteiger partial charge on any atom is -0.396 e. The second kappa shape index (κ2) is 6.86. The highest BCUT2D eigenvalue weighted by Crippen LogP contribution is 2.13. The Labute approximate surface area is 98.0 Å². The summed E-state index contributed by atoms with van der Waals surface area (Å²) in [5, 5.41) is 12.0. The fraction of sp³-hybridized carbons (Fsp3) is 0.917. The molecule has 0 saturated carbocycles. The number of hydrogen-bond donors (Lipinski definition) is 2. The number of likely N-dealkylation sites (tertiary alicyclic amines) is 1. The van der Waals surface area contributed by atoms with E-state index >= 15 is 0 Å². The van der Waals surface area contributed by atoms with E-state index in [1.165, 1.54) is 0 Å². The Balaban J connectivity index is 2.22. The van der Waals surface area contributed by atoms with Gasteiger partial charge in [0.1, 0.15) is 0 Å². The van der Waals surface area contributed by atoms with Crippen LogP contribution >= 0.6 is 0 Å². The second-order valence-corrected chi connectivity index (χ2v) is 4.77. The summed E-state index contributed by atoms with van der Waals surface area (Å²) in [6.45, 7) is 6.11. The van der Waals surface area contributed by atoms with Crippen molar-refractivity contribution in [3.8, 4) is 0 Å². The monoisotopic (exact) mass is 228 g/mol. The first-order valence-electron chi connectivity index (χ1n) is 6.31. The van der Waals surface area contributed by atoms with E-state index in [1.54, 1.807) is 0 Å². The highest BCUT2D eigenvalue weighted by Gasteiger charge is 2.30. The average Bonchev–Trinajstić information content (AvgIpc) is 2.56. The molecule has 0 aromatic rings. The smallest absolute Gasteiger partial charge is 0.239 e. The fourth-order valence-electron chi connectivity index (χ4n) is 2.11. The fourth-order valence-corrected chi connectivity index (χ4v) is 2.11. The first kappa shape index (κ1) is 13.5. The Kier molecular flexibility index (Phi) is 5.77. The van der Waals surface area contributed by atoms with E-state index in [0.717, 1.165) is 38.8 Å². The predicted octanol–water partition coefficient (Wildman–Crippen LogP) is 0.748. The maximum atomic E-state index is 11.9. The van der Waals surface area contributed by atoms with Gasteiger partial charge in [-0.25, -0.2) is 0 Å². The van der Waals surface area contributed by atoms with Crippen LogP contribution in [-0.4, -0.2) is 47.7 Å². The van der Waals surface area contributed by atoms with Crippen molar-refractivity contribution in [1.29, 1.82) is 0 Å². The number of hydrogen-bond acceptors (Lipinski definition) is 3. The largest absolute Gasteiger partial charge is 0.396 e. The van der Waals surface area contributed by atoms with E-state index in [9.17, 15) is 4.79 Å². The highest BCUT2D eigenvalue weighted by atomic mass is 16.2. The molecule has 0 bridgehead atoms. The number of nitrogens with zero attached hydrogens (tertiary/aromatic N) is 1. The van der Waals surface area contributed by atoms with Crippen molar-refractivity contribution in [1.82, 2.24) is 10.2 Å². The molecule has 4 heteroatoms. The molecule has 1 amide bonds. The molecule has 0 aromatic carbocycles. The maximum Gasteiger partial charge on any atom is 0.239 e. The molecule has 2 N–H and O–H groups in total. The van der Waals surface area contributed by atoms with Gasteiger partial charge in [0.25, 0.3) is 0 Å². The zero-order valence-corrected chi connectivity index (χ0v) is 10.4. The lowest BCUT2D eigenvalue weighted by Gasteiger charge is -2.18. The first-order valence-corrected chi connectivity index (χ1v) is 6.31. The van der Waals surface area contributed by atoms with Gasteiger partial charge in [0.05, 0.1) is 6.04 Å². The summed E-state index contributed by atoms with van der Waals surface area (Å²) in [5.41, 5.74) is 0. The van der Waals surface area contributed by atoms with Gasteiger partial charge in [0.15, 0.2) is 0 Å². The molecule has 0 aromatic heterocycles. The molecular weight excluding hydrogens is 204 g/mol. The van der Waals surface area contributed by atoms with Crippen molar-refractivity contribution in [2.45, 2.75) is 51.6 Å². The van der Waals surface area contributed by atoms with Gasteiger partial charge in [-0.05, 0) is 25.7 Å². The van der Waals surface area contributed by atoms with Gasteiger partial charge < -0.3 is 15.3 Å². The van der Waals surface area contributed by atoms with Gasteiger partial charge in [-0.1, -0.05) is 13.8 Å². The molecule has 0 radical (unpaired) electrons. The van der Waals surface area contributed by atoms with E-state index < -0.39 is 0 Å². The van der Waals surface area contributed by atoms with Gasteiger partial charge in [-0.15, -0.1) is 0 Å². The molecule has 0 spiro atoms. The number of rotatable bonds is 7. The third-order valence-corrected chi connectivity index (χ3v) is 2.92. The van der Waals surface area contributed by atoms with E-state index in [1.807, 2.05) is 4.90 Å². The molecule has 1 atom stereocenters. The van der Waals surface area contributed by atoms with Crippen LogP contribution in [0.3, 0.4) is 0 Å². The molecule has 1 unspecified atom stereocenters. The zero-order valence-electron chi connectivity index (χ0n) is 10.4. The van der Waals surface area contributed by atoms with Crippen LogP contribution < -0.4 is 5.32 Å². The summed E-state index contributed by atoms with van der Waals surface area (Å²) in [6, 6.07) is 0.390. The highest BCUT2D eigenvalue weighted by molar-refractivity contribution is 5.83. The van der Waals surface area contributed by atoms with E-state index in [-0.39, 0.29) is 18.6 Å². The van der Waals surface area contributed by atoms with E-state index in [0.29, 0.717) is 6.04 Å². The van der Waals surface area contributed by atoms with Gasteiger partial charge in [-0.3, -0.25) is 4.79 Å². The van der Waals surface area contributed by atoms with Gasteiger partial charge in [0.2, 0.25) is 5.91 Å². The molecule has 94 valence electrons. The molecular formula is C12H24N2O2. The summed E-state index contributed by atoms with van der Waals surface area (Å²) in [7, 11) is 0. The van der Waals surface area contributed by atoms with Crippen molar-refractivity contribution in [2.24, 2.45) is 0 Å². The normalized spacial score (nSPS) is 21.1. The summed E-state index contributed by atoms with van der Waals surface area (Å²) >= 11 is 0. The Hall–Kier alpha value is -0.610. The number of aliphatic hydroxyl groups is 1. The van der Waals surface area contributed by atoms with E-state index in [4.69, 9.17) is 5.11 Å². The number of unbranched alkanes of at least 4 members (excludes halogenated alkanes) is 2. The minimum atomic E-state index is 0.0258. The standard InChI is InChI=1S/C12H24N2O2/c1-10(2)13-11-6-8-14(12(11)16)7-4-3-5-9-15/h10-11,13,15H,3-9H2,1-2H3. The van der Waals surface area contributed by atoms with Crippen molar-refractivity contribution in [2.75, 3.05) is 19.7 Å². The molecule has 4 nitrogen and oxygen atoms in total. The topological polar surface area (TPSA) is 52.6 Å². The maximum absolute atomic E-state index is 11.9. The molecule has 1 fully saturated rings.